The maximum atomic E-state index is 12.8. The van der Waals surface area contributed by atoms with Crippen molar-refractivity contribution in [2.75, 3.05) is 0 Å². The summed E-state index contributed by atoms with van der Waals surface area (Å²) >= 11 is 5.12. The van der Waals surface area contributed by atoms with Gasteiger partial charge in [0, 0.05) is 29.5 Å². The van der Waals surface area contributed by atoms with Crippen molar-refractivity contribution in [1.82, 2.24) is 10.6 Å². The van der Waals surface area contributed by atoms with Crippen LogP contribution >= 0.6 is 12.2 Å². The predicted octanol–water partition coefficient (Wildman–Crippen LogP) is 2.88. The number of carbonyl (C=O) groups is 1. The molecule has 1 unspecified atom stereocenters. The molecule has 0 saturated carbocycles. The Kier molecular flexibility index (Phi) is 4.35. The van der Waals surface area contributed by atoms with Crippen LogP contribution in [0, 0.1) is 10.1 Å². The van der Waals surface area contributed by atoms with Gasteiger partial charge < -0.3 is 10.6 Å². The number of Topliss-reactive ketones (excluding diaryl/α,β-unsaturated/α-hetero) is 1. The lowest BCUT2D eigenvalue weighted by atomic mass is 9.92. The van der Waals surface area contributed by atoms with Gasteiger partial charge in [0.25, 0.3) is 5.69 Å². The SMILES string of the molecule is O=C(C1=CNC(=S)NC1c1ccc([N+](=O)[O-])cc1)c1ccccc1. The van der Waals surface area contributed by atoms with E-state index >= 15 is 0 Å². The Hall–Kier alpha value is -3.06. The monoisotopic (exact) mass is 339 g/mol. The third-order valence-corrected chi connectivity index (χ3v) is 3.92. The molecule has 0 saturated heterocycles. The number of thiocarbonyl (C=S) groups is 1. The number of non-ortho nitro benzene ring substituents is 1. The fourth-order valence-electron chi connectivity index (χ4n) is 2.48. The quantitative estimate of drug-likeness (QED) is 0.386. The molecule has 1 aliphatic heterocycles. The van der Waals surface area contributed by atoms with Crippen LogP contribution < -0.4 is 10.6 Å². The molecular formula is C17H13N3O3S. The summed E-state index contributed by atoms with van der Waals surface area (Å²) < 4.78 is 0. The van der Waals surface area contributed by atoms with Crippen LogP contribution in [0.15, 0.2) is 66.4 Å². The summed E-state index contributed by atoms with van der Waals surface area (Å²) in [6, 6.07) is 14.5. The van der Waals surface area contributed by atoms with Gasteiger partial charge >= 0.3 is 0 Å². The number of ketones is 1. The second-order valence-electron chi connectivity index (χ2n) is 5.19. The summed E-state index contributed by atoms with van der Waals surface area (Å²) in [5, 5.41) is 17.1. The van der Waals surface area contributed by atoms with Gasteiger partial charge in [0.2, 0.25) is 0 Å². The van der Waals surface area contributed by atoms with Gasteiger partial charge in [-0.1, -0.05) is 30.3 Å². The van der Waals surface area contributed by atoms with E-state index < -0.39 is 11.0 Å². The fourth-order valence-corrected chi connectivity index (χ4v) is 2.66. The van der Waals surface area contributed by atoms with E-state index in [0.717, 1.165) is 5.56 Å². The summed E-state index contributed by atoms with van der Waals surface area (Å²) in [5.74, 6) is -0.138. The van der Waals surface area contributed by atoms with Crippen molar-refractivity contribution in [2.45, 2.75) is 6.04 Å². The van der Waals surface area contributed by atoms with Gasteiger partial charge in [0.05, 0.1) is 11.0 Å². The van der Waals surface area contributed by atoms with Crippen molar-refractivity contribution >= 4 is 28.8 Å². The second-order valence-corrected chi connectivity index (χ2v) is 5.60. The maximum absolute atomic E-state index is 12.8. The minimum atomic E-state index is -0.465. The Morgan fingerprint density at radius 1 is 1.08 bits per heavy atom. The molecule has 1 aliphatic rings. The van der Waals surface area contributed by atoms with Crippen molar-refractivity contribution in [3.05, 3.63) is 87.6 Å². The van der Waals surface area contributed by atoms with Gasteiger partial charge in [0.15, 0.2) is 10.9 Å². The molecule has 2 aromatic rings. The summed E-state index contributed by atoms with van der Waals surface area (Å²) in [6.07, 6.45) is 1.58. The van der Waals surface area contributed by atoms with E-state index in [4.69, 9.17) is 12.2 Å². The Bertz CT molecular complexity index is 832. The van der Waals surface area contributed by atoms with E-state index in [-0.39, 0.29) is 11.5 Å². The van der Waals surface area contributed by atoms with Gasteiger partial charge in [-0.05, 0) is 29.9 Å². The van der Waals surface area contributed by atoms with Gasteiger partial charge in [-0.2, -0.15) is 0 Å². The van der Waals surface area contributed by atoms with Crippen molar-refractivity contribution in [2.24, 2.45) is 0 Å². The van der Waals surface area contributed by atoms with E-state index in [9.17, 15) is 14.9 Å². The van der Waals surface area contributed by atoms with Crippen LogP contribution in [0.3, 0.4) is 0 Å². The van der Waals surface area contributed by atoms with E-state index in [1.165, 1.54) is 12.1 Å². The average molecular weight is 339 g/mol. The van der Waals surface area contributed by atoms with Gasteiger partial charge in [-0.3, -0.25) is 14.9 Å². The van der Waals surface area contributed by atoms with E-state index in [1.54, 1.807) is 42.6 Å². The molecule has 0 spiro atoms. The molecule has 0 bridgehead atoms. The summed E-state index contributed by atoms with van der Waals surface area (Å²) in [7, 11) is 0. The highest BCUT2D eigenvalue weighted by molar-refractivity contribution is 7.80. The Labute approximate surface area is 143 Å². The number of rotatable bonds is 4. The van der Waals surface area contributed by atoms with E-state index in [0.29, 0.717) is 16.2 Å². The van der Waals surface area contributed by atoms with Crippen molar-refractivity contribution in [1.29, 1.82) is 0 Å². The summed E-state index contributed by atoms with van der Waals surface area (Å²) in [6.45, 7) is 0. The molecule has 6 nitrogen and oxygen atoms in total. The molecule has 7 heteroatoms. The predicted molar refractivity (Wildman–Crippen MR) is 93.6 cm³/mol. The highest BCUT2D eigenvalue weighted by Gasteiger charge is 2.27. The third kappa shape index (κ3) is 3.16. The zero-order chi connectivity index (χ0) is 17.1. The zero-order valence-corrected chi connectivity index (χ0v) is 13.2. The lowest BCUT2D eigenvalue weighted by molar-refractivity contribution is -0.384. The molecule has 2 aromatic carbocycles. The molecule has 3 rings (SSSR count). The molecule has 2 N–H and O–H groups in total. The van der Waals surface area contributed by atoms with Crippen molar-refractivity contribution in [3.63, 3.8) is 0 Å². The molecular weight excluding hydrogens is 326 g/mol. The largest absolute Gasteiger partial charge is 0.351 e. The number of carbonyl (C=O) groups excluding carboxylic acids is 1. The van der Waals surface area contributed by atoms with E-state index in [2.05, 4.69) is 10.6 Å². The maximum Gasteiger partial charge on any atom is 0.269 e. The molecule has 1 heterocycles. The van der Waals surface area contributed by atoms with Crippen LogP contribution in [0.4, 0.5) is 5.69 Å². The normalized spacial score (nSPS) is 16.6. The first kappa shape index (κ1) is 15.8. The first-order chi connectivity index (χ1) is 11.6. The van der Waals surface area contributed by atoms with Crippen LogP contribution in [0.1, 0.15) is 22.0 Å². The molecule has 0 radical (unpaired) electrons. The van der Waals surface area contributed by atoms with Gasteiger partial charge in [-0.15, -0.1) is 0 Å². The number of hydrogen-bond acceptors (Lipinski definition) is 4. The minimum Gasteiger partial charge on any atom is -0.351 e. The number of nitro benzene ring substituents is 1. The zero-order valence-electron chi connectivity index (χ0n) is 12.4. The molecule has 24 heavy (non-hydrogen) atoms. The topological polar surface area (TPSA) is 84.3 Å². The number of nitrogens with zero attached hydrogens (tertiary/aromatic N) is 1. The average Bonchev–Trinajstić information content (AvgIpc) is 2.62. The first-order valence-electron chi connectivity index (χ1n) is 7.17. The lowest BCUT2D eigenvalue weighted by Gasteiger charge is -2.27. The Balaban J connectivity index is 1.96. The van der Waals surface area contributed by atoms with Crippen LogP contribution in [0.2, 0.25) is 0 Å². The molecule has 1 atom stereocenters. The molecule has 0 amide bonds. The third-order valence-electron chi connectivity index (χ3n) is 3.68. The van der Waals surface area contributed by atoms with Gasteiger partial charge in [0.1, 0.15) is 0 Å². The van der Waals surface area contributed by atoms with Crippen molar-refractivity contribution < 1.29 is 9.72 Å². The van der Waals surface area contributed by atoms with Crippen LogP contribution in [-0.4, -0.2) is 15.8 Å². The van der Waals surface area contributed by atoms with Gasteiger partial charge in [-0.25, -0.2) is 0 Å². The number of benzene rings is 2. The van der Waals surface area contributed by atoms with Crippen LogP contribution in [0.5, 0.6) is 0 Å². The highest BCUT2D eigenvalue weighted by atomic mass is 32.1. The summed E-state index contributed by atoms with van der Waals surface area (Å²) in [5.41, 5.74) is 1.77. The second kappa shape index (κ2) is 6.59. The number of hydrogen-bond donors (Lipinski definition) is 2. The molecule has 0 aliphatic carbocycles. The smallest absolute Gasteiger partial charge is 0.269 e. The Morgan fingerprint density at radius 2 is 1.75 bits per heavy atom. The first-order valence-corrected chi connectivity index (χ1v) is 7.58. The standard InChI is InChI=1S/C17H13N3O3S/c21-16(12-4-2-1-3-5-12)14-10-18-17(24)19-15(14)11-6-8-13(9-7-11)20(22)23/h1-10,15H,(H2,18,19,24). The lowest BCUT2D eigenvalue weighted by Crippen LogP contribution is -2.42. The van der Waals surface area contributed by atoms with Crippen molar-refractivity contribution in [3.8, 4) is 0 Å². The highest BCUT2D eigenvalue weighted by Crippen LogP contribution is 2.27. The molecule has 120 valence electrons. The Morgan fingerprint density at radius 3 is 2.38 bits per heavy atom. The minimum absolute atomic E-state index is 0.00447. The van der Waals surface area contributed by atoms with Crippen LogP contribution in [-0.2, 0) is 0 Å². The van der Waals surface area contributed by atoms with Crippen LogP contribution in [0.25, 0.3) is 0 Å². The molecule has 0 aromatic heterocycles. The summed E-state index contributed by atoms with van der Waals surface area (Å²) in [4.78, 5) is 23.1. The fraction of sp³-hybridized carbons (Fsp3) is 0.0588. The number of nitrogens with one attached hydrogen (secondary N) is 2. The number of nitro groups is 1. The van der Waals surface area contributed by atoms with E-state index in [1.807, 2.05) is 6.07 Å². The molecule has 0 fully saturated rings.